The van der Waals surface area contributed by atoms with Gasteiger partial charge in [0.2, 0.25) is 5.88 Å². The lowest BCUT2D eigenvalue weighted by molar-refractivity contribution is 0.398. The molecule has 0 saturated carbocycles. The Labute approximate surface area is 81.9 Å². The van der Waals surface area contributed by atoms with Crippen molar-refractivity contribution in [3.8, 4) is 17.0 Å². The smallest absolute Gasteiger partial charge is 0.216 e. The summed E-state index contributed by atoms with van der Waals surface area (Å²) in [5, 5.41) is 6.71. The summed E-state index contributed by atoms with van der Waals surface area (Å²) < 4.78 is 5.14. The third-order valence-electron chi connectivity index (χ3n) is 2.02. The van der Waals surface area contributed by atoms with Gasteiger partial charge in [-0.3, -0.25) is 4.98 Å². The van der Waals surface area contributed by atoms with Crippen LogP contribution >= 0.6 is 0 Å². The summed E-state index contributed by atoms with van der Waals surface area (Å²) in [6.07, 6.45) is 3.52. The summed E-state index contributed by atoms with van der Waals surface area (Å²) in [5.41, 5.74) is 2.99. The lowest BCUT2D eigenvalue weighted by Crippen LogP contribution is -1.87. The van der Waals surface area contributed by atoms with Gasteiger partial charge in [-0.15, -0.1) is 0 Å². The Balaban J connectivity index is 2.49. The van der Waals surface area contributed by atoms with Gasteiger partial charge in [0.1, 0.15) is 0 Å². The van der Waals surface area contributed by atoms with Crippen molar-refractivity contribution in [2.24, 2.45) is 0 Å². The number of aromatic amines is 1. The molecular formula is C10H11N3O. The number of H-pyrrole nitrogens is 1. The zero-order valence-electron chi connectivity index (χ0n) is 8.11. The van der Waals surface area contributed by atoms with E-state index in [9.17, 15) is 0 Å². The minimum absolute atomic E-state index is 0.676. The second kappa shape index (κ2) is 3.49. The molecule has 0 aliphatic rings. The maximum absolute atomic E-state index is 5.14. The second-order valence-electron chi connectivity index (χ2n) is 3.00. The Hall–Kier alpha value is -1.84. The Morgan fingerprint density at radius 3 is 3.00 bits per heavy atom. The Morgan fingerprint density at radius 1 is 1.43 bits per heavy atom. The first-order chi connectivity index (χ1) is 6.81. The standard InChI is InChI=1S/C10H11N3O/c1-7-5-8(3-4-11-7)9-6-12-13-10(9)14-2/h3-6H,1-2H3,(H,12,13). The maximum Gasteiger partial charge on any atom is 0.216 e. The van der Waals surface area contributed by atoms with Gasteiger partial charge in [-0.1, -0.05) is 0 Å². The lowest BCUT2D eigenvalue weighted by Gasteiger charge is -2.01. The third kappa shape index (κ3) is 1.46. The number of hydrogen-bond acceptors (Lipinski definition) is 3. The normalized spacial score (nSPS) is 10.1. The molecule has 0 atom stereocenters. The molecule has 2 rings (SSSR count). The summed E-state index contributed by atoms with van der Waals surface area (Å²) in [5.74, 6) is 0.676. The predicted molar refractivity (Wildman–Crippen MR) is 53.1 cm³/mol. The number of hydrogen-bond donors (Lipinski definition) is 1. The van der Waals surface area contributed by atoms with E-state index in [-0.39, 0.29) is 0 Å². The van der Waals surface area contributed by atoms with Crippen LogP contribution in [0.25, 0.3) is 11.1 Å². The quantitative estimate of drug-likeness (QED) is 0.783. The van der Waals surface area contributed by atoms with Gasteiger partial charge in [-0.2, -0.15) is 5.10 Å². The van der Waals surface area contributed by atoms with E-state index in [0.717, 1.165) is 16.8 Å². The molecule has 0 amide bonds. The average Bonchev–Trinajstić information content (AvgIpc) is 2.65. The van der Waals surface area contributed by atoms with Crippen molar-refractivity contribution in [3.05, 3.63) is 30.2 Å². The van der Waals surface area contributed by atoms with Crippen molar-refractivity contribution in [1.82, 2.24) is 15.2 Å². The number of methoxy groups -OCH3 is 1. The molecule has 1 N–H and O–H groups in total. The molecule has 0 spiro atoms. The highest BCUT2D eigenvalue weighted by Gasteiger charge is 2.07. The Morgan fingerprint density at radius 2 is 2.29 bits per heavy atom. The molecule has 2 heterocycles. The number of pyridine rings is 1. The van der Waals surface area contributed by atoms with E-state index in [4.69, 9.17) is 4.74 Å². The summed E-state index contributed by atoms with van der Waals surface area (Å²) in [6.45, 7) is 1.95. The molecule has 0 unspecified atom stereocenters. The molecule has 2 aromatic rings. The molecule has 0 aliphatic heterocycles. The number of rotatable bonds is 2. The van der Waals surface area contributed by atoms with Gasteiger partial charge in [-0.25, -0.2) is 5.10 Å². The molecule has 0 fully saturated rings. The van der Waals surface area contributed by atoms with Crippen molar-refractivity contribution >= 4 is 0 Å². The van der Waals surface area contributed by atoms with Gasteiger partial charge in [0, 0.05) is 11.9 Å². The number of nitrogens with one attached hydrogen (secondary N) is 1. The van der Waals surface area contributed by atoms with Crippen LogP contribution in [0, 0.1) is 6.92 Å². The molecule has 4 nitrogen and oxygen atoms in total. The zero-order valence-corrected chi connectivity index (χ0v) is 8.11. The highest BCUT2D eigenvalue weighted by atomic mass is 16.5. The van der Waals surface area contributed by atoms with E-state index in [0.29, 0.717) is 5.88 Å². The van der Waals surface area contributed by atoms with Crippen LogP contribution in [-0.2, 0) is 0 Å². The summed E-state index contributed by atoms with van der Waals surface area (Å²) in [6, 6.07) is 3.92. The molecule has 0 bridgehead atoms. The molecule has 0 aliphatic carbocycles. The maximum atomic E-state index is 5.14. The van der Waals surface area contributed by atoms with E-state index in [2.05, 4.69) is 15.2 Å². The minimum atomic E-state index is 0.676. The molecule has 14 heavy (non-hydrogen) atoms. The molecule has 0 saturated heterocycles. The van der Waals surface area contributed by atoms with Crippen LogP contribution in [0.3, 0.4) is 0 Å². The highest BCUT2D eigenvalue weighted by Crippen LogP contribution is 2.26. The van der Waals surface area contributed by atoms with Crippen molar-refractivity contribution in [2.75, 3.05) is 7.11 Å². The van der Waals surface area contributed by atoms with Crippen molar-refractivity contribution in [2.45, 2.75) is 6.92 Å². The van der Waals surface area contributed by atoms with Crippen LogP contribution in [0.15, 0.2) is 24.5 Å². The average molecular weight is 189 g/mol. The molecule has 0 radical (unpaired) electrons. The number of nitrogens with zero attached hydrogens (tertiary/aromatic N) is 2. The van der Waals surface area contributed by atoms with Gasteiger partial charge < -0.3 is 4.74 Å². The van der Waals surface area contributed by atoms with Gasteiger partial charge in [0.25, 0.3) is 0 Å². The minimum Gasteiger partial charge on any atom is -0.481 e. The predicted octanol–water partition coefficient (Wildman–Crippen LogP) is 1.79. The summed E-state index contributed by atoms with van der Waals surface area (Å²) in [4.78, 5) is 4.13. The van der Waals surface area contributed by atoms with Crippen LogP contribution in [0.2, 0.25) is 0 Å². The molecular weight excluding hydrogens is 178 g/mol. The monoisotopic (exact) mass is 189 g/mol. The lowest BCUT2D eigenvalue weighted by atomic mass is 10.1. The number of aromatic nitrogens is 3. The first kappa shape index (κ1) is 8.74. The van der Waals surface area contributed by atoms with Gasteiger partial charge >= 0.3 is 0 Å². The molecule has 4 heteroatoms. The van der Waals surface area contributed by atoms with Crippen LogP contribution < -0.4 is 4.74 Å². The Bertz CT molecular complexity index is 436. The number of aryl methyl sites for hydroxylation is 1. The van der Waals surface area contributed by atoms with Crippen molar-refractivity contribution in [1.29, 1.82) is 0 Å². The first-order valence-electron chi connectivity index (χ1n) is 4.31. The molecule has 72 valence electrons. The van der Waals surface area contributed by atoms with Gasteiger partial charge in [0.15, 0.2) is 0 Å². The SMILES string of the molecule is COc1[nH]ncc1-c1ccnc(C)c1. The van der Waals surface area contributed by atoms with Crippen LogP contribution in [0.5, 0.6) is 5.88 Å². The van der Waals surface area contributed by atoms with Gasteiger partial charge in [0.05, 0.1) is 18.9 Å². The fraction of sp³-hybridized carbons (Fsp3) is 0.200. The van der Waals surface area contributed by atoms with Crippen LogP contribution in [0.1, 0.15) is 5.69 Å². The summed E-state index contributed by atoms with van der Waals surface area (Å²) >= 11 is 0. The van der Waals surface area contributed by atoms with E-state index >= 15 is 0 Å². The first-order valence-corrected chi connectivity index (χ1v) is 4.31. The zero-order chi connectivity index (χ0) is 9.97. The Kier molecular flexibility index (Phi) is 2.18. The topological polar surface area (TPSA) is 50.8 Å². The van der Waals surface area contributed by atoms with E-state index in [1.807, 2.05) is 19.1 Å². The number of ether oxygens (including phenoxy) is 1. The van der Waals surface area contributed by atoms with Gasteiger partial charge in [-0.05, 0) is 24.6 Å². The third-order valence-corrected chi connectivity index (χ3v) is 2.02. The van der Waals surface area contributed by atoms with Crippen LogP contribution in [0.4, 0.5) is 0 Å². The molecule has 0 aromatic carbocycles. The summed E-state index contributed by atoms with van der Waals surface area (Å²) in [7, 11) is 1.62. The van der Waals surface area contributed by atoms with Crippen molar-refractivity contribution in [3.63, 3.8) is 0 Å². The fourth-order valence-electron chi connectivity index (χ4n) is 1.35. The second-order valence-corrected chi connectivity index (χ2v) is 3.00. The highest BCUT2D eigenvalue weighted by molar-refractivity contribution is 5.67. The molecule has 2 aromatic heterocycles. The van der Waals surface area contributed by atoms with E-state index in [1.165, 1.54) is 0 Å². The van der Waals surface area contributed by atoms with E-state index < -0.39 is 0 Å². The van der Waals surface area contributed by atoms with E-state index in [1.54, 1.807) is 19.5 Å². The van der Waals surface area contributed by atoms with Crippen molar-refractivity contribution < 1.29 is 4.74 Å². The fourth-order valence-corrected chi connectivity index (χ4v) is 1.35. The largest absolute Gasteiger partial charge is 0.481 e. The van der Waals surface area contributed by atoms with Crippen LogP contribution in [-0.4, -0.2) is 22.3 Å².